The van der Waals surface area contributed by atoms with E-state index >= 15 is 0 Å². The van der Waals surface area contributed by atoms with Gasteiger partial charge >= 0.3 is 0 Å². The van der Waals surface area contributed by atoms with E-state index in [0.29, 0.717) is 17.0 Å². The molecule has 3 N–H and O–H groups in total. The molecule has 0 aliphatic heterocycles. The Morgan fingerprint density at radius 1 is 1.21 bits per heavy atom. The number of benzene rings is 2. The number of aromatic amines is 1. The molecule has 1 aromatic heterocycles. The van der Waals surface area contributed by atoms with Gasteiger partial charge in [0, 0.05) is 5.56 Å². The third-order valence-corrected chi connectivity index (χ3v) is 3.42. The molecule has 6 heteroatoms. The second-order valence-corrected chi connectivity index (χ2v) is 5.33. The normalized spacial score (nSPS) is 10.9. The summed E-state index contributed by atoms with van der Waals surface area (Å²) in [6.45, 7) is 2.01. The Hall–Kier alpha value is -3.41. The van der Waals surface area contributed by atoms with Gasteiger partial charge in [-0.2, -0.15) is 10.2 Å². The van der Waals surface area contributed by atoms with E-state index in [0.717, 1.165) is 11.1 Å². The molecular weight excluding hydrogens is 304 g/mol. The van der Waals surface area contributed by atoms with Crippen LogP contribution in [0.3, 0.4) is 0 Å². The molecule has 24 heavy (non-hydrogen) atoms. The maximum Gasteiger partial charge on any atom is 0.289 e. The number of aromatic nitrogens is 2. The van der Waals surface area contributed by atoms with Gasteiger partial charge in [0.25, 0.3) is 5.91 Å². The van der Waals surface area contributed by atoms with Gasteiger partial charge in [-0.15, -0.1) is 0 Å². The van der Waals surface area contributed by atoms with Crippen LogP contribution in [0.25, 0.3) is 11.3 Å². The summed E-state index contributed by atoms with van der Waals surface area (Å²) >= 11 is 0. The van der Waals surface area contributed by atoms with Gasteiger partial charge in [-0.25, -0.2) is 5.43 Å². The van der Waals surface area contributed by atoms with E-state index in [2.05, 4.69) is 20.7 Å². The first-order valence-corrected chi connectivity index (χ1v) is 7.37. The molecule has 0 saturated heterocycles. The summed E-state index contributed by atoms with van der Waals surface area (Å²) in [5.74, 6) is -0.251. The molecule has 0 spiro atoms. The second kappa shape index (κ2) is 6.78. The van der Waals surface area contributed by atoms with Crippen LogP contribution < -0.4 is 5.43 Å². The van der Waals surface area contributed by atoms with Gasteiger partial charge in [-0.1, -0.05) is 42.0 Å². The number of rotatable bonds is 4. The smallest absolute Gasteiger partial charge is 0.289 e. The van der Waals surface area contributed by atoms with Crippen molar-refractivity contribution in [3.8, 4) is 17.0 Å². The van der Waals surface area contributed by atoms with Crippen LogP contribution in [0.15, 0.2) is 59.7 Å². The molecule has 0 aliphatic carbocycles. The number of phenols is 1. The molecule has 0 fully saturated rings. The Balaban J connectivity index is 1.66. The summed E-state index contributed by atoms with van der Waals surface area (Å²) in [5, 5.41) is 20.1. The number of phenolic OH excluding ortho intramolecular Hbond substituents is 1. The van der Waals surface area contributed by atoms with Crippen molar-refractivity contribution in [1.82, 2.24) is 15.6 Å². The molecule has 6 nitrogen and oxygen atoms in total. The molecule has 0 atom stereocenters. The van der Waals surface area contributed by atoms with Gasteiger partial charge in [-0.05, 0) is 30.7 Å². The zero-order valence-corrected chi connectivity index (χ0v) is 13.0. The first kappa shape index (κ1) is 15.5. The highest BCUT2D eigenvalue weighted by molar-refractivity contribution is 5.94. The summed E-state index contributed by atoms with van der Waals surface area (Å²) in [5.41, 5.74) is 6.20. The Kier molecular flexibility index (Phi) is 4.38. The predicted molar refractivity (Wildman–Crippen MR) is 91.9 cm³/mol. The third-order valence-electron chi connectivity index (χ3n) is 3.42. The van der Waals surface area contributed by atoms with Crippen molar-refractivity contribution in [2.75, 3.05) is 0 Å². The Labute approximate surface area is 138 Å². The summed E-state index contributed by atoms with van der Waals surface area (Å²) < 4.78 is 0. The fourth-order valence-corrected chi connectivity index (χ4v) is 2.14. The number of carbonyl (C=O) groups excluding carboxylic acids is 1. The van der Waals surface area contributed by atoms with E-state index < -0.39 is 5.91 Å². The van der Waals surface area contributed by atoms with Crippen LogP contribution in [0.1, 0.15) is 21.6 Å². The molecule has 0 unspecified atom stereocenters. The quantitative estimate of drug-likeness (QED) is 0.510. The number of aromatic hydroxyl groups is 1. The molecule has 0 aliphatic rings. The van der Waals surface area contributed by atoms with Gasteiger partial charge in [0.1, 0.15) is 11.4 Å². The molecular formula is C18H16N4O2. The molecule has 0 saturated carbocycles. The van der Waals surface area contributed by atoms with Crippen molar-refractivity contribution in [1.29, 1.82) is 0 Å². The minimum atomic E-state index is -0.391. The standard InChI is InChI=1S/C18H16N4O2/c1-12-5-7-14(8-6-12)16-10-17(21-20-16)18(24)22-19-11-13-3-2-4-15(23)9-13/h2-11,23H,1H3,(H,20,21)(H,22,24). The maximum absolute atomic E-state index is 12.1. The van der Waals surface area contributed by atoms with E-state index in [9.17, 15) is 9.90 Å². The lowest BCUT2D eigenvalue weighted by atomic mass is 10.1. The number of nitrogens with one attached hydrogen (secondary N) is 2. The number of nitrogens with zero attached hydrogens (tertiary/aromatic N) is 2. The van der Waals surface area contributed by atoms with Gasteiger partial charge < -0.3 is 5.11 Å². The average Bonchev–Trinajstić information content (AvgIpc) is 3.05. The van der Waals surface area contributed by atoms with E-state index in [4.69, 9.17) is 0 Å². The minimum absolute atomic E-state index is 0.140. The van der Waals surface area contributed by atoms with Crippen LogP contribution in [0.4, 0.5) is 0 Å². The highest BCUT2D eigenvalue weighted by Crippen LogP contribution is 2.18. The lowest BCUT2D eigenvalue weighted by Crippen LogP contribution is -2.17. The summed E-state index contributed by atoms with van der Waals surface area (Å²) in [6, 6.07) is 16.1. The predicted octanol–water partition coefficient (Wildman–Crippen LogP) is 2.85. The first-order chi connectivity index (χ1) is 11.6. The van der Waals surface area contributed by atoms with Gasteiger partial charge in [-0.3, -0.25) is 9.89 Å². The molecule has 1 heterocycles. The summed E-state index contributed by atoms with van der Waals surface area (Å²) in [4.78, 5) is 12.1. The van der Waals surface area contributed by atoms with Crippen LogP contribution in [-0.4, -0.2) is 27.4 Å². The van der Waals surface area contributed by atoms with Crippen molar-refractivity contribution >= 4 is 12.1 Å². The Morgan fingerprint density at radius 3 is 2.75 bits per heavy atom. The number of carbonyl (C=O) groups is 1. The number of hydrazone groups is 1. The van der Waals surface area contributed by atoms with E-state index in [1.165, 1.54) is 6.21 Å². The molecule has 3 aromatic rings. The van der Waals surface area contributed by atoms with E-state index in [1.54, 1.807) is 30.3 Å². The number of H-pyrrole nitrogens is 1. The summed E-state index contributed by atoms with van der Waals surface area (Å²) in [7, 11) is 0. The molecule has 1 amide bonds. The summed E-state index contributed by atoms with van der Waals surface area (Å²) in [6.07, 6.45) is 1.45. The largest absolute Gasteiger partial charge is 0.508 e. The second-order valence-electron chi connectivity index (χ2n) is 5.33. The lowest BCUT2D eigenvalue weighted by molar-refractivity contribution is 0.0950. The molecule has 120 valence electrons. The fraction of sp³-hybridized carbons (Fsp3) is 0.0556. The van der Waals surface area contributed by atoms with Crippen molar-refractivity contribution < 1.29 is 9.90 Å². The average molecular weight is 320 g/mol. The van der Waals surface area contributed by atoms with Crippen LogP contribution in [0.2, 0.25) is 0 Å². The first-order valence-electron chi connectivity index (χ1n) is 7.37. The maximum atomic E-state index is 12.1. The molecule has 0 bridgehead atoms. The van der Waals surface area contributed by atoms with E-state index in [1.807, 2.05) is 31.2 Å². The van der Waals surface area contributed by atoms with Crippen molar-refractivity contribution in [2.24, 2.45) is 5.10 Å². The topological polar surface area (TPSA) is 90.4 Å². The minimum Gasteiger partial charge on any atom is -0.508 e. The molecule has 2 aromatic carbocycles. The highest BCUT2D eigenvalue weighted by atomic mass is 16.3. The van der Waals surface area contributed by atoms with Gasteiger partial charge in [0.2, 0.25) is 0 Å². The monoisotopic (exact) mass is 320 g/mol. The van der Waals surface area contributed by atoms with Crippen molar-refractivity contribution in [3.05, 3.63) is 71.4 Å². The van der Waals surface area contributed by atoms with Crippen LogP contribution in [0.5, 0.6) is 5.75 Å². The number of aryl methyl sites for hydroxylation is 1. The Morgan fingerprint density at radius 2 is 2.00 bits per heavy atom. The van der Waals surface area contributed by atoms with Crippen molar-refractivity contribution in [2.45, 2.75) is 6.92 Å². The zero-order valence-electron chi connectivity index (χ0n) is 13.0. The lowest BCUT2D eigenvalue weighted by Gasteiger charge is -1.97. The number of hydrogen-bond donors (Lipinski definition) is 3. The number of amides is 1. The molecule has 3 rings (SSSR count). The Bertz CT molecular complexity index is 882. The van der Waals surface area contributed by atoms with Gasteiger partial charge in [0.05, 0.1) is 11.9 Å². The van der Waals surface area contributed by atoms with E-state index in [-0.39, 0.29) is 5.75 Å². The van der Waals surface area contributed by atoms with Crippen LogP contribution >= 0.6 is 0 Å². The highest BCUT2D eigenvalue weighted by Gasteiger charge is 2.10. The fourth-order valence-electron chi connectivity index (χ4n) is 2.14. The van der Waals surface area contributed by atoms with Crippen molar-refractivity contribution in [3.63, 3.8) is 0 Å². The SMILES string of the molecule is Cc1ccc(-c2cc(C(=O)NN=Cc3cccc(O)c3)[nH]n2)cc1. The third kappa shape index (κ3) is 3.67. The zero-order chi connectivity index (χ0) is 16.9. The van der Waals surface area contributed by atoms with Crippen LogP contribution in [0, 0.1) is 6.92 Å². The van der Waals surface area contributed by atoms with Gasteiger partial charge in [0.15, 0.2) is 0 Å². The van der Waals surface area contributed by atoms with Crippen LogP contribution in [-0.2, 0) is 0 Å². The molecule has 0 radical (unpaired) electrons. The number of hydrogen-bond acceptors (Lipinski definition) is 4.